The van der Waals surface area contributed by atoms with Crippen LogP contribution in [0.5, 0.6) is 5.75 Å². The van der Waals surface area contributed by atoms with Gasteiger partial charge < -0.3 is 10.1 Å². The summed E-state index contributed by atoms with van der Waals surface area (Å²) < 4.78 is 7.55. The van der Waals surface area contributed by atoms with Crippen LogP contribution in [0.25, 0.3) is 0 Å². The van der Waals surface area contributed by atoms with Crippen LogP contribution >= 0.6 is 0 Å². The van der Waals surface area contributed by atoms with E-state index in [1.807, 2.05) is 36.9 Å². The molecule has 0 aliphatic rings. The summed E-state index contributed by atoms with van der Waals surface area (Å²) in [5.74, 6) is 0.888. The minimum atomic E-state index is 0.516. The summed E-state index contributed by atoms with van der Waals surface area (Å²) in [6.07, 6.45) is 1.75. The van der Waals surface area contributed by atoms with Gasteiger partial charge in [-0.1, -0.05) is 30.9 Å². The molecular formula is C16H21N3O. The number of aromatic nitrogens is 2. The van der Waals surface area contributed by atoms with Gasteiger partial charge in [0, 0.05) is 19.2 Å². The molecule has 0 fully saturated rings. The summed E-state index contributed by atoms with van der Waals surface area (Å²) in [5, 5.41) is 7.85. The molecule has 0 aliphatic carbocycles. The first kappa shape index (κ1) is 14.2. The Morgan fingerprint density at radius 3 is 2.75 bits per heavy atom. The topological polar surface area (TPSA) is 39.1 Å². The fourth-order valence-corrected chi connectivity index (χ4v) is 2.15. The SMILES string of the molecule is C=CCOc1ccccc1CNc1c(C)nn(C)c1C. The van der Waals surface area contributed by atoms with Gasteiger partial charge in [-0.2, -0.15) is 5.10 Å². The van der Waals surface area contributed by atoms with Crippen LogP contribution in [0.2, 0.25) is 0 Å². The second-order valence-corrected chi connectivity index (χ2v) is 4.73. The van der Waals surface area contributed by atoms with Crippen LogP contribution in [0.4, 0.5) is 5.69 Å². The van der Waals surface area contributed by atoms with Crippen molar-refractivity contribution in [3.63, 3.8) is 0 Å². The van der Waals surface area contributed by atoms with Crippen LogP contribution in [0, 0.1) is 13.8 Å². The number of nitrogens with one attached hydrogen (secondary N) is 1. The maximum absolute atomic E-state index is 5.66. The molecule has 0 unspecified atom stereocenters. The summed E-state index contributed by atoms with van der Waals surface area (Å²) >= 11 is 0. The average molecular weight is 271 g/mol. The Morgan fingerprint density at radius 1 is 1.35 bits per heavy atom. The van der Waals surface area contributed by atoms with Gasteiger partial charge in [0.1, 0.15) is 12.4 Å². The maximum Gasteiger partial charge on any atom is 0.124 e. The van der Waals surface area contributed by atoms with E-state index >= 15 is 0 Å². The van der Waals surface area contributed by atoms with Crippen LogP contribution in [0.3, 0.4) is 0 Å². The molecule has 0 atom stereocenters. The smallest absolute Gasteiger partial charge is 0.124 e. The number of aryl methyl sites for hydroxylation is 2. The Hall–Kier alpha value is -2.23. The zero-order chi connectivity index (χ0) is 14.5. The number of hydrogen-bond donors (Lipinski definition) is 1. The van der Waals surface area contributed by atoms with Gasteiger partial charge in [0.15, 0.2) is 0 Å². The molecule has 0 spiro atoms. The van der Waals surface area contributed by atoms with Gasteiger partial charge in [0.05, 0.1) is 17.1 Å². The first-order valence-corrected chi connectivity index (χ1v) is 6.69. The molecule has 106 valence electrons. The molecule has 1 heterocycles. The highest BCUT2D eigenvalue weighted by molar-refractivity contribution is 5.53. The largest absolute Gasteiger partial charge is 0.489 e. The van der Waals surface area contributed by atoms with E-state index in [4.69, 9.17) is 4.74 Å². The van der Waals surface area contributed by atoms with Crippen molar-refractivity contribution in [2.24, 2.45) is 7.05 Å². The van der Waals surface area contributed by atoms with Crippen LogP contribution in [0.15, 0.2) is 36.9 Å². The molecule has 0 saturated carbocycles. The standard InChI is InChI=1S/C16H21N3O/c1-5-10-20-15-9-7-6-8-14(15)11-17-16-12(2)18-19(4)13(16)3/h5-9,17H,1,10-11H2,2-4H3. The summed E-state index contributed by atoms with van der Waals surface area (Å²) in [5.41, 5.74) is 4.35. The van der Waals surface area contributed by atoms with Crippen molar-refractivity contribution in [1.29, 1.82) is 0 Å². The van der Waals surface area contributed by atoms with Crippen molar-refractivity contribution in [3.8, 4) is 5.75 Å². The first-order chi connectivity index (χ1) is 9.63. The van der Waals surface area contributed by atoms with Crippen molar-refractivity contribution in [1.82, 2.24) is 9.78 Å². The lowest BCUT2D eigenvalue weighted by Gasteiger charge is -2.12. The van der Waals surface area contributed by atoms with Gasteiger partial charge in [-0.25, -0.2) is 0 Å². The third-order valence-electron chi connectivity index (χ3n) is 3.29. The molecule has 0 saturated heterocycles. The molecule has 2 rings (SSSR count). The molecule has 4 nitrogen and oxygen atoms in total. The third-order valence-corrected chi connectivity index (χ3v) is 3.29. The zero-order valence-electron chi connectivity index (χ0n) is 12.3. The highest BCUT2D eigenvalue weighted by Crippen LogP contribution is 2.23. The Labute approximate surface area is 120 Å². The number of benzene rings is 1. The molecule has 1 aromatic carbocycles. The molecule has 0 aliphatic heterocycles. The molecule has 0 bridgehead atoms. The lowest BCUT2D eigenvalue weighted by molar-refractivity contribution is 0.359. The molecule has 0 radical (unpaired) electrons. The van der Waals surface area contributed by atoms with Crippen molar-refractivity contribution in [2.45, 2.75) is 20.4 Å². The lowest BCUT2D eigenvalue weighted by atomic mass is 10.2. The van der Waals surface area contributed by atoms with E-state index < -0.39 is 0 Å². The van der Waals surface area contributed by atoms with Crippen molar-refractivity contribution >= 4 is 5.69 Å². The van der Waals surface area contributed by atoms with Gasteiger partial charge >= 0.3 is 0 Å². The van der Waals surface area contributed by atoms with E-state index in [9.17, 15) is 0 Å². The van der Waals surface area contributed by atoms with Crippen molar-refractivity contribution in [3.05, 3.63) is 53.9 Å². The summed E-state index contributed by atoms with van der Waals surface area (Å²) in [6, 6.07) is 8.03. The van der Waals surface area contributed by atoms with Gasteiger partial charge in [-0.3, -0.25) is 4.68 Å². The fraction of sp³-hybridized carbons (Fsp3) is 0.312. The lowest BCUT2D eigenvalue weighted by Crippen LogP contribution is -2.04. The number of nitrogens with zero attached hydrogens (tertiary/aromatic N) is 2. The second-order valence-electron chi connectivity index (χ2n) is 4.73. The molecule has 1 aromatic heterocycles. The number of ether oxygens (including phenoxy) is 1. The number of hydrogen-bond acceptors (Lipinski definition) is 3. The second kappa shape index (κ2) is 6.28. The summed E-state index contributed by atoms with van der Waals surface area (Å²) in [6.45, 7) is 8.97. The number of rotatable bonds is 6. The summed E-state index contributed by atoms with van der Waals surface area (Å²) in [4.78, 5) is 0. The predicted molar refractivity (Wildman–Crippen MR) is 82.1 cm³/mol. The molecule has 4 heteroatoms. The van der Waals surface area contributed by atoms with E-state index in [0.29, 0.717) is 13.2 Å². The minimum Gasteiger partial charge on any atom is -0.489 e. The zero-order valence-corrected chi connectivity index (χ0v) is 12.3. The molecule has 20 heavy (non-hydrogen) atoms. The average Bonchev–Trinajstić information content (AvgIpc) is 2.69. The van der Waals surface area contributed by atoms with Crippen LogP contribution < -0.4 is 10.1 Å². The molecule has 0 amide bonds. The Morgan fingerprint density at radius 2 is 2.10 bits per heavy atom. The maximum atomic E-state index is 5.66. The molecule has 2 aromatic rings. The van der Waals surface area contributed by atoms with Crippen LogP contribution in [0.1, 0.15) is 17.0 Å². The van der Waals surface area contributed by atoms with Crippen molar-refractivity contribution < 1.29 is 4.74 Å². The number of para-hydroxylation sites is 1. The van der Waals surface area contributed by atoms with E-state index in [1.165, 1.54) is 0 Å². The Balaban J connectivity index is 2.12. The van der Waals surface area contributed by atoms with Crippen LogP contribution in [-0.4, -0.2) is 16.4 Å². The minimum absolute atomic E-state index is 0.516. The van der Waals surface area contributed by atoms with Gasteiger partial charge in [0.2, 0.25) is 0 Å². The van der Waals surface area contributed by atoms with Gasteiger partial charge in [0.25, 0.3) is 0 Å². The normalized spacial score (nSPS) is 10.3. The van der Waals surface area contributed by atoms with E-state index in [1.54, 1.807) is 6.08 Å². The monoisotopic (exact) mass is 271 g/mol. The molecular weight excluding hydrogens is 250 g/mol. The van der Waals surface area contributed by atoms with Crippen LogP contribution in [-0.2, 0) is 13.6 Å². The number of anilines is 1. The van der Waals surface area contributed by atoms with E-state index in [0.717, 1.165) is 28.4 Å². The highest BCUT2D eigenvalue weighted by atomic mass is 16.5. The summed E-state index contributed by atoms with van der Waals surface area (Å²) in [7, 11) is 1.95. The Bertz CT molecular complexity index is 602. The predicted octanol–water partition coefficient (Wildman–Crippen LogP) is 3.21. The highest BCUT2D eigenvalue weighted by Gasteiger charge is 2.09. The first-order valence-electron chi connectivity index (χ1n) is 6.69. The Kier molecular flexibility index (Phi) is 4.45. The molecule has 1 N–H and O–H groups in total. The fourth-order valence-electron chi connectivity index (χ4n) is 2.15. The van der Waals surface area contributed by atoms with Gasteiger partial charge in [-0.05, 0) is 19.9 Å². The van der Waals surface area contributed by atoms with E-state index in [2.05, 4.69) is 30.0 Å². The third kappa shape index (κ3) is 3.02. The quantitative estimate of drug-likeness (QED) is 0.820. The van der Waals surface area contributed by atoms with E-state index in [-0.39, 0.29) is 0 Å². The van der Waals surface area contributed by atoms with Gasteiger partial charge in [-0.15, -0.1) is 0 Å². The van der Waals surface area contributed by atoms with Crippen molar-refractivity contribution in [2.75, 3.05) is 11.9 Å².